The highest BCUT2D eigenvalue weighted by Crippen LogP contribution is 2.27. The van der Waals surface area contributed by atoms with E-state index in [1.54, 1.807) is 36.4 Å². The number of non-ortho nitro benzene ring substituents is 1. The number of nitrogens with zero attached hydrogens (tertiary/aromatic N) is 3. The number of esters is 1. The number of carbonyl (C=O) groups excluding carboxylic acids is 2. The number of ether oxygens (including phenoxy) is 1. The molecule has 0 saturated carbocycles. The van der Waals surface area contributed by atoms with Gasteiger partial charge in [0.05, 0.1) is 32.9 Å². The van der Waals surface area contributed by atoms with Crippen molar-refractivity contribution in [3.8, 4) is 17.3 Å². The second-order valence-electron chi connectivity index (χ2n) is 7.30. The minimum absolute atomic E-state index is 0.0750. The Morgan fingerprint density at radius 1 is 1.09 bits per heavy atom. The van der Waals surface area contributed by atoms with Crippen molar-refractivity contribution in [2.75, 3.05) is 11.9 Å². The van der Waals surface area contributed by atoms with Crippen LogP contribution in [0, 0.1) is 21.4 Å². The number of nitro groups is 1. The first-order chi connectivity index (χ1) is 16.9. The number of rotatable bonds is 6. The highest BCUT2D eigenvalue weighted by molar-refractivity contribution is 9.10. The van der Waals surface area contributed by atoms with Crippen LogP contribution in [0.1, 0.15) is 15.9 Å². The minimum atomic E-state index is -0.721. The zero-order valence-electron chi connectivity index (χ0n) is 17.9. The van der Waals surface area contributed by atoms with Gasteiger partial charge in [-0.1, -0.05) is 46.3 Å². The number of carbonyl (C=O) groups is 2. The van der Waals surface area contributed by atoms with Crippen LogP contribution in [0.25, 0.3) is 22.2 Å². The summed E-state index contributed by atoms with van der Waals surface area (Å²) in [7, 11) is 0. The van der Waals surface area contributed by atoms with Gasteiger partial charge in [-0.05, 0) is 30.3 Å². The molecule has 0 aliphatic rings. The topological polar surface area (TPSA) is 135 Å². The molecule has 0 bridgehead atoms. The van der Waals surface area contributed by atoms with Gasteiger partial charge in [-0.25, -0.2) is 9.78 Å². The Morgan fingerprint density at radius 2 is 1.83 bits per heavy atom. The van der Waals surface area contributed by atoms with E-state index in [-0.39, 0.29) is 22.5 Å². The van der Waals surface area contributed by atoms with Crippen molar-refractivity contribution in [3.63, 3.8) is 0 Å². The van der Waals surface area contributed by atoms with Crippen LogP contribution in [0.15, 0.2) is 77.3 Å². The van der Waals surface area contributed by atoms with Crippen LogP contribution in [-0.2, 0) is 9.53 Å². The second kappa shape index (κ2) is 10.1. The van der Waals surface area contributed by atoms with E-state index >= 15 is 0 Å². The van der Waals surface area contributed by atoms with Gasteiger partial charge in [0, 0.05) is 27.6 Å². The Labute approximate surface area is 207 Å². The van der Waals surface area contributed by atoms with Gasteiger partial charge in [0.2, 0.25) is 0 Å². The molecule has 0 atom stereocenters. The molecule has 4 aromatic rings. The average molecular weight is 531 g/mol. The average Bonchev–Trinajstić information content (AvgIpc) is 2.87. The highest BCUT2D eigenvalue weighted by atomic mass is 79.9. The molecule has 10 heteroatoms. The summed E-state index contributed by atoms with van der Waals surface area (Å²) < 4.78 is 6.14. The Bertz CT molecular complexity index is 1510. The lowest BCUT2D eigenvalue weighted by atomic mass is 10.0. The molecule has 0 saturated heterocycles. The number of hydrogen-bond acceptors (Lipinski definition) is 7. The summed E-state index contributed by atoms with van der Waals surface area (Å²) in [6.07, 6.45) is 0. The van der Waals surface area contributed by atoms with Crippen LogP contribution < -0.4 is 5.32 Å². The third-order valence-electron chi connectivity index (χ3n) is 5.02. The molecule has 35 heavy (non-hydrogen) atoms. The molecule has 0 spiro atoms. The van der Waals surface area contributed by atoms with Gasteiger partial charge < -0.3 is 10.1 Å². The maximum Gasteiger partial charge on any atom is 0.339 e. The Balaban J connectivity index is 1.54. The quantitative estimate of drug-likeness (QED) is 0.204. The van der Waals surface area contributed by atoms with E-state index in [2.05, 4.69) is 26.2 Å². The van der Waals surface area contributed by atoms with Crippen molar-refractivity contribution in [2.24, 2.45) is 0 Å². The second-order valence-corrected chi connectivity index (χ2v) is 8.22. The maximum absolute atomic E-state index is 12.9. The van der Waals surface area contributed by atoms with Crippen molar-refractivity contribution in [2.45, 2.75) is 0 Å². The third-order valence-corrected chi connectivity index (χ3v) is 5.55. The van der Waals surface area contributed by atoms with Gasteiger partial charge in [-0.3, -0.25) is 14.9 Å². The predicted octanol–water partition coefficient (Wildman–Crippen LogP) is 5.24. The van der Waals surface area contributed by atoms with Crippen LogP contribution in [-0.4, -0.2) is 28.4 Å². The molecule has 1 aromatic heterocycles. The van der Waals surface area contributed by atoms with Crippen LogP contribution in [0.5, 0.6) is 0 Å². The summed E-state index contributed by atoms with van der Waals surface area (Å²) in [6.45, 7) is -0.620. The van der Waals surface area contributed by atoms with Crippen LogP contribution in [0.4, 0.5) is 11.4 Å². The zero-order chi connectivity index (χ0) is 24.9. The van der Waals surface area contributed by atoms with Gasteiger partial charge >= 0.3 is 5.97 Å². The van der Waals surface area contributed by atoms with E-state index in [0.717, 1.165) is 22.2 Å². The van der Waals surface area contributed by atoms with Crippen molar-refractivity contribution in [1.29, 1.82) is 5.26 Å². The molecular weight excluding hydrogens is 516 g/mol. The molecule has 1 N–H and O–H groups in total. The molecule has 1 heterocycles. The molecule has 172 valence electrons. The molecule has 4 rings (SSSR count). The largest absolute Gasteiger partial charge is 0.452 e. The van der Waals surface area contributed by atoms with Gasteiger partial charge in [0.1, 0.15) is 6.07 Å². The number of fused-ring (bicyclic) bond motifs is 1. The lowest BCUT2D eigenvalue weighted by molar-refractivity contribution is -0.384. The maximum atomic E-state index is 12.9. The van der Waals surface area contributed by atoms with Crippen molar-refractivity contribution < 1.29 is 19.2 Å². The monoisotopic (exact) mass is 530 g/mol. The molecule has 9 nitrogen and oxygen atoms in total. The summed E-state index contributed by atoms with van der Waals surface area (Å²) in [4.78, 5) is 40.2. The Kier molecular flexibility index (Phi) is 6.80. The summed E-state index contributed by atoms with van der Waals surface area (Å²) in [5.74, 6) is -1.42. The van der Waals surface area contributed by atoms with Crippen molar-refractivity contribution in [3.05, 3.63) is 98.5 Å². The Morgan fingerprint density at radius 3 is 2.54 bits per heavy atom. The standard InChI is InChI=1S/C25H15BrN4O5/c26-17-7-5-15(6-8-17)23-12-20(19-3-1-2-4-22(19)28-23)25(32)35-14-24(31)29-21-10-9-18(30(33)34)11-16(21)13-27/h1-12H,14H2,(H,29,31). The summed E-state index contributed by atoms with van der Waals surface area (Å²) in [6, 6.07) is 21.4. The van der Waals surface area contributed by atoms with Crippen molar-refractivity contribution in [1.82, 2.24) is 4.98 Å². The predicted molar refractivity (Wildman–Crippen MR) is 132 cm³/mol. The first-order valence-corrected chi connectivity index (χ1v) is 11.0. The number of nitro benzene ring substituents is 1. The summed E-state index contributed by atoms with van der Waals surface area (Å²) >= 11 is 3.39. The fourth-order valence-corrected chi connectivity index (χ4v) is 3.62. The summed E-state index contributed by atoms with van der Waals surface area (Å²) in [5.41, 5.74) is 1.91. The number of benzene rings is 3. The van der Waals surface area contributed by atoms with Gasteiger partial charge in [-0.2, -0.15) is 5.26 Å². The molecule has 0 unspecified atom stereocenters. The number of anilines is 1. The number of halogens is 1. The number of para-hydroxylation sites is 1. The molecule has 0 fully saturated rings. The molecule has 0 aliphatic heterocycles. The van der Waals surface area contributed by atoms with E-state index in [1.807, 2.05) is 24.3 Å². The smallest absolute Gasteiger partial charge is 0.339 e. The van der Waals surface area contributed by atoms with E-state index in [4.69, 9.17) is 4.74 Å². The van der Waals surface area contributed by atoms with E-state index in [9.17, 15) is 25.0 Å². The van der Waals surface area contributed by atoms with Crippen LogP contribution >= 0.6 is 15.9 Å². The van der Waals surface area contributed by atoms with Gasteiger partial charge in [0.15, 0.2) is 6.61 Å². The Hall–Kier alpha value is -4.62. The molecule has 1 amide bonds. The molecule has 0 aliphatic carbocycles. The number of amides is 1. The number of aromatic nitrogens is 1. The number of nitrogens with one attached hydrogen (secondary N) is 1. The lowest BCUT2D eigenvalue weighted by Crippen LogP contribution is -2.21. The normalized spacial score (nSPS) is 10.4. The van der Waals surface area contributed by atoms with Crippen LogP contribution in [0.3, 0.4) is 0 Å². The first kappa shape index (κ1) is 23.5. The van der Waals surface area contributed by atoms with Crippen molar-refractivity contribution >= 4 is 50.1 Å². The fraction of sp³-hybridized carbons (Fsp3) is 0.0400. The zero-order valence-corrected chi connectivity index (χ0v) is 19.5. The number of nitriles is 1. The van der Waals surface area contributed by atoms with Crippen LogP contribution in [0.2, 0.25) is 0 Å². The highest BCUT2D eigenvalue weighted by Gasteiger charge is 2.18. The molecule has 3 aromatic carbocycles. The lowest BCUT2D eigenvalue weighted by Gasteiger charge is -2.11. The SMILES string of the molecule is N#Cc1cc([N+](=O)[O-])ccc1NC(=O)COC(=O)c1cc(-c2ccc(Br)cc2)nc2ccccc12. The number of pyridine rings is 1. The molecule has 0 radical (unpaired) electrons. The van der Waals surface area contributed by atoms with Gasteiger partial charge in [-0.15, -0.1) is 0 Å². The van der Waals surface area contributed by atoms with Gasteiger partial charge in [0.25, 0.3) is 11.6 Å². The summed E-state index contributed by atoms with van der Waals surface area (Å²) in [5, 5.41) is 23.1. The van der Waals surface area contributed by atoms with E-state index in [1.165, 1.54) is 6.07 Å². The minimum Gasteiger partial charge on any atom is -0.452 e. The fourth-order valence-electron chi connectivity index (χ4n) is 3.36. The number of hydrogen-bond donors (Lipinski definition) is 1. The van der Waals surface area contributed by atoms with E-state index < -0.39 is 23.4 Å². The van der Waals surface area contributed by atoms with E-state index in [0.29, 0.717) is 16.6 Å². The molecular formula is C25H15BrN4O5. The first-order valence-electron chi connectivity index (χ1n) is 10.2. The third kappa shape index (κ3) is 5.31.